The van der Waals surface area contributed by atoms with Crippen molar-refractivity contribution in [1.29, 1.82) is 0 Å². The van der Waals surface area contributed by atoms with Gasteiger partial charge in [0.25, 0.3) is 0 Å². The largest absolute Gasteiger partial charge is 0.262 e. The van der Waals surface area contributed by atoms with Crippen molar-refractivity contribution in [2.24, 2.45) is 0 Å². The maximum atomic E-state index is 12.9. The second-order valence-electron chi connectivity index (χ2n) is 7.07. The van der Waals surface area contributed by atoms with Crippen LogP contribution in [0.2, 0.25) is 0 Å². The molecule has 3 aromatic rings. The van der Waals surface area contributed by atoms with Gasteiger partial charge in [-0.15, -0.1) is 11.3 Å². The number of H-pyrrole nitrogens is 1. The lowest BCUT2D eigenvalue weighted by molar-refractivity contribution is 0.582. The van der Waals surface area contributed by atoms with E-state index in [2.05, 4.69) is 36.0 Å². The molecule has 0 aliphatic heterocycles. The number of aromatic amines is 1. The zero-order valence-corrected chi connectivity index (χ0v) is 16.3. The molecule has 1 N–H and O–H groups in total. The zero-order chi connectivity index (χ0) is 18.2. The Morgan fingerprint density at radius 1 is 1.20 bits per heavy atom. The van der Waals surface area contributed by atoms with E-state index in [1.54, 1.807) is 6.07 Å². The molecule has 0 atom stereocenters. The fourth-order valence-electron chi connectivity index (χ4n) is 2.54. The van der Waals surface area contributed by atoms with Crippen molar-refractivity contribution < 1.29 is 8.42 Å². The molecule has 0 spiro atoms. The number of aryl methyl sites for hydroxylation is 1. The minimum Gasteiger partial charge on any atom is -0.262 e. The Kier molecular flexibility index (Phi) is 4.55. The van der Waals surface area contributed by atoms with E-state index >= 15 is 0 Å². The standard InChI is InChI=1S/C18H21N3O2S2/c1-12-7-8-13(18(2,3)4)10-15(12)25(22,23)11-16-19-17(21-20-16)14-6-5-9-24-14/h5-10H,11H2,1-4H3,(H,19,20,21). The number of thiophene rings is 1. The van der Waals surface area contributed by atoms with Crippen molar-refractivity contribution in [3.05, 3.63) is 52.7 Å². The van der Waals surface area contributed by atoms with Crippen LogP contribution in [0, 0.1) is 6.92 Å². The van der Waals surface area contributed by atoms with Crippen molar-refractivity contribution in [2.45, 2.75) is 43.8 Å². The van der Waals surface area contributed by atoms with E-state index in [-0.39, 0.29) is 11.2 Å². The average molecular weight is 376 g/mol. The fourth-order valence-corrected chi connectivity index (χ4v) is 4.70. The minimum atomic E-state index is -3.51. The van der Waals surface area contributed by atoms with Gasteiger partial charge in [0.05, 0.1) is 9.77 Å². The lowest BCUT2D eigenvalue weighted by Gasteiger charge is -2.20. The highest BCUT2D eigenvalue weighted by Crippen LogP contribution is 2.28. The summed E-state index contributed by atoms with van der Waals surface area (Å²) in [6.07, 6.45) is 0. The van der Waals surface area contributed by atoms with E-state index in [0.717, 1.165) is 16.0 Å². The van der Waals surface area contributed by atoms with Crippen LogP contribution >= 0.6 is 11.3 Å². The van der Waals surface area contributed by atoms with Crippen molar-refractivity contribution in [1.82, 2.24) is 15.2 Å². The molecular formula is C18H21N3O2S2. The summed E-state index contributed by atoms with van der Waals surface area (Å²) in [6, 6.07) is 9.45. The van der Waals surface area contributed by atoms with Crippen molar-refractivity contribution in [3.63, 3.8) is 0 Å². The summed E-state index contributed by atoms with van der Waals surface area (Å²) in [6.45, 7) is 8.02. The second-order valence-corrected chi connectivity index (χ2v) is 9.98. The summed E-state index contributed by atoms with van der Waals surface area (Å²) >= 11 is 1.52. The molecule has 0 saturated heterocycles. The van der Waals surface area contributed by atoms with Crippen LogP contribution in [0.4, 0.5) is 0 Å². The third-order valence-electron chi connectivity index (χ3n) is 3.99. The summed E-state index contributed by atoms with van der Waals surface area (Å²) in [5.41, 5.74) is 1.62. The lowest BCUT2D eigenvalue weighted by Crippen LogP contribution is -2.14. The van der Waals surface area contributed by atoms with E-state index in [1.165, 1.54) is 11.3 Å². The molecule has 0 aliphatic rings. The van der Waals surface area contributed by atoms with Crippen LogP contribution < -0.4 is 0 Å². The van der Waals surface area contributed by atoms with Gasteiger partial charge >= 0.3 is 0 Å². The molecule has 0 aliphatic carbocycles. The van der Waals surface area contributed by atoms with Gasteiger partial charge in [-0.3, -0.25) is 5.10 Å². The Morgan fingerprint density at radius 2 is 1.96 bits per heavy atom. The smallest absolute Gasteiger partial charge is 0.191 e. The van der Waals surface area contributed by atoms with Crippen LogP contribution in [0.25, 0.3) is 10.7 Å². The number of nitrogens with zero attached hydrogens (tertiary/aromatic N) is 2. The monoisotopic (exact) mass is 375 g/mol. The Labute approximate surface area is 152 Å². The van der Waals surface area contributed by atoms with Gasteiger partial charge in [-0.25, -0.2) is 13.4 Å². The number of rotatable bonds is 4. The maximum Gasteiger partial charge on any atom is 0.191 e. The summed E-state index contributed by atoms with van der Waals surface area (Å²) in [5.74, 6) is 0.684. The molecule has 0 saturated carbocycles. The molecule has 0 bridgehead atoms. The first-order chi connectivity index (χ1) is 11.7. The fraction of sp³-hybridized carbons (Fsp3) is 0.333. The van der Waals surface area contributed by atoms with Crippen LogP contribution in [0.3, 0.4) is 0 Å². The number of hydrogen-bond donors (Lipinski definition) is 1. The van der Waals surface area contributed by atoms with Crippen molar-refractivity contribution in [2.75, 3.05) is 0 Å². The van der Waals surface area contributed by atoms with E-state index in [1.807, 2.05) is 36.6 Å². The first-order valence-corrected chi connectivity index (χ1v) is 10.5. The average Bonchev–Trinajstić information content (AvgIpc) is 3.16. The molecule has 0 fully saturated rings. The normalized spacial score (nSPS) is 12.5. The van der Waals surface area contributed by atoms with Crippen LogP contribution in [0.15, 0.2) is 40.6 Å². The summed E-state index contributed by atoms with van der Waals surface area (Å²) in [4.78, 5) is 5.59. The highest BCUT2D eigenvalue weighted by molar-refractivity contribution is 7.90. The zero-order valence-electron chi connectivity index (χ0n) is 14.7. The van der Waals surface area contributed by atoms with Crippen molar-refractivity contribution >= 4 is 21.2 Å². The molecule has 7 heteroatoms. The SMILES string of the molecule is Cc1ccc(C(C)(C)C)cc1S(=O)(=O)Cc1nc(-c2cccs2)n[nH]1. The van der Waals surface area contributed by atoms with Crippen LogP contribution in [-0.4, -0.2) is 23.6 Å². The van der Waals surface area contributed by atoms with E-state index in [9.17, 15) is 8.42 Å². The summed E-state index contributed by atoms with van der Waals surface area (Å²) < 4.78 is 25.8. The van der Waals surface area contributed by atoms with Gasteiger partial charge in [0.2, 0.25) is 0 Å². The Bertz CT molecular complexity index is 982. The summed E-state index contributed by atoms with van der Waals surface area (Å²) in [5, 5.41) is 8.81. The molecule has 2 aromatic heterocycles. The van der Waals surface area contributed by atoms with Crippen LogP contribution in [-0.2, 0) is 21.0 Å². The Balaban J connectivity index is 1.92. The number of nitrogens with one attached hydrogen (secondary N) is 1. The van der Waals surface area contributed by atoms with Crippen LogP contribution in [0.1, 0.15) is 37.7 Å². The number of hydrogen-bond acceptors (Lipinski definition) is 5. The molecule has 0 amide bonds. The van der Waals surface area contributed by atoms with Gasteiger partial charge in [-0.05, 0) is 41.0 Å². The quantitative estimate of drug-likeness (QED) is 0.744. The molecule has 25 heavy (non-hydrogen) atoms. The van der Waals surface area contributed by atoms with E-state index in [4.69, 9.17) is 0 Å². The van der Waals surface area contributed by atoms with E-state index < -0.39 is 9.84 Å². The van der Waals surface area contributed by atoms with Gasteiger partial charge in [-0.1, -0.05) is 39.0 Å². The molecule has 2 heterocycles. The molecule has 3 rings (SSSR count). The molecular weight excluding hydrogens is 354 g/mol. The van der Waals surface area contributed by atoms with Crippen molar-refractivity contribution in [3.8, 4) is 10.7 Å². The van der Waals surface area contributed by atoms with Gasteiger partial charge < -0.3 is 0 Å². The van der Waals surface area contributed by atoms with E-state index in [0.29, 0.717) is 16.5 Å². The number of benzene rings is 1. The van der Waals surface area contributed by atoms with Gasteiger partial charge in [0.1, 0.15) is 11.6 Å². The Morgan fingerprint density at radius 3 is 2.60 bits per heavy atom. The second kappa shape index (κ2) is 6.38. The van der Waals surface area contributed by atoms with Gasteiger partial charge in [-0.2, -0.15) is 5.10 Å². The molecule has 132 valence electrons. The molecule has 0 unspecified atom stereocenters. The Hall–Kier alpha value is -1.99. The lowest BCUT2D eigenvalue weighted by atomic mass is 9.87. The molecule has 0 radical (unpaired) electrons. The topological polar surface area (TPSA) is 75.7 Å². The van der Waals surface area contributed by atoms with Gasteiger partial charge in [0.15, 0.2) is 15.7 Å². The molecule has 5 nitrogen and oxygen atoms in total. The molecule has 1 aromatic carbocycles. The third kappa shape index (κ3) is 3.82. The minimum absolute atomic E-state index is 0.115. The third-order valence-corrected chi connectivity index (χ3v) is 6.62. The first-order valence-electron chi connectivity index (χ1n) is 7.96. The number of sulfone groups is 1. The maximum absolute atomic E-state index is 12.9. The first kappa shape index (κ1) is 17.8. The van der Waals surface area contributed by atoms with Gasteiger partial charge in [0, 0.05) is 0 Å². The highest BCUT2D eigenvalue weighted by atomic mass is 32.2. The van der Waals surface area contributed by atoms with Crippen LogP contribution in [0.5, 0.6) is 0 Å². The highest BCUT2D eigenvalue weighted by Gasteiger charge is 2.23. The summed E-state index contributed by atoms with van der Waals surface area (Å²) in [7, 11) is -3.51. The predicted octanol–water partition coefficient (Wildman–Crippen LogP) is 4.11. The number of aromatic nitrogens is 3. The predicted molar refractivity (Wildman–Crippen MR) is 100 cm³/mol.